The molecule has 1 radical (unpaired) electrons. The first-order valence-electron chi connectivity index (χ1n) is 5.26. The summed E-state index contributed by atoms with van der Waals surface area (Å²) in [4.78, 5) is 11.6. The van der Waals surface area contributed by atoms with Crippen molar-refractivity contribution in [3.8, 4) is 0 Å². The number of carbonyl (C=O) groups excluding carboxylic acids is 1. The van der Waals surface area contributed by atoms with Crippen molar-refractivity contribution < 1.29 is 14.6 Å². The molecule has 5 unspecified atom stereocenters. The minimum atomic E-state index is -0.769. The van der Waals surface area contributed by atoms with Crippen LogP contribution >= 0.6 is 0 Å². The minimum Gasteiger partial charge on any atom is -0.461 e. The summed E-state index contributed by atoms with van der Waals surface area (Å²) in [6.07, 6.45) is 3.20. The third-order valence-corrected chi connectivity index (χ3v) is 4.05. The van der Waals surface area contributed by atoms with E-state index in [-0.39, 0.29) is 23.9 Å². The Hall–Kier alpha value is -0.570. The van der Waals surface area contributed by atoms with Crippen molar-refractivity contribution in [2.45, 2.75) is 32.0 Å². The van der Waals surface area contributed by atoms with Crippen LogP contribution in [0.25, 0.3) is 0 Å². The fraction of sp³-hybridized carbons (Fsp3) is 0.818. The van der Waals surface area contributed by atoms with Gasteiger partial charge in [-0.25, -0.2) is 0 Å². The van der Waals surface area contributed by atoms with E-state index < -0.39 is 5.60 Å². The molecule has 0 aromatic rings. The first kappa shape index (κ1) is 8.72. The lowest BCUT2D eigenvalue weighted by Gasteiger charge is -2.34. The number of esters is 1. The molecule has 1 heterocycles. The van der Waals surface area contributed by atoms with Gasteiger partial charge >= 0.3 is 5.97 Å². The number of rotatable bonds is 1. The second-order valence-electron chi connectivity index (χ2n) is 5.36. The molecule has 0 spiro atoms. The van der Waals surface area contributed by atoms with Gasteiger partial charge in [0.25, 0.3) is 0 Å². The minimum absolute atomic E-state index is 0.0463. The van der Waals surface area contributed by atoms with Crippen molar-refractivity contribution in [3.63, 3.8) is 0 Å². The molecule has 5 atom stereocenters. The van der Waals surface area contributed by atoms with E-state index >= 15 is 0 Å². The van der Waals surface area contributed by atoms with Gasteiger partial charge in [0.2, 0.25) is 0 Å². The van der Waals surface area contributed by atoms with E-state index in [0.717, 1.165) is 6.42 Å². The van der Waals surface area contributed by atoms with Gasteiger partial charge in [0.05, 0.1) is 11.5 Å². The SMILES string of the molecule is CC(C)(O)C1C2[CH]C3OC(=O)C1C3C2. The zero-order chi connectivity index (χ0) is 10.1. The number of fused-ring (bicyclic) bond motifs is 1. The zero-order valence-corrected chi connectivity index (χ0v) is 8.43. The third kappa shape index (κ3) is 0.888. The normalized spacial score (nSPS) is 49.9. The van der Waals surface area contributed by atoms with Gasteiger partial charge < -0.3 is 9.84 Å². The van der Waals surface area contributed by atoms with E-state index in [9.17, 15) is 9.90 Å². The fourth-order valence-electron chi connectivity index (χ4n) is 3.69. The summed E-state index contributed by atoms with van der Waals surface area (Å²) in [7, 11) is 0. The summed E-state index contributed by atoms with van der Waals surface area (Å²) < 4.78 is 5.26. The summed E-state index contributed by atoms with van der Waals surface area (Å²) in [5.74, 6) is 0.655. The van der Waals surface area contributed by atoms with E-state index in [1.807, 2.05) is 0 Å². The number of hydrogen-bond donors (Lipinski definition) is 1. The summed E-state index contributed by atoms with van der Waals surface area (Å²) >= 11 is 0. The van der Waals surface area contributed by atoms with E-state index in [1.54, 1.807) is 13.8 Å². The van der Waals surface area contributed by atoms with Crippen LogP contribution < -0.4 is 0 Å². The average molecular weight is 195 g/mol. The number of hydrogen-bond acceptors (Lipinski definition) is 3. The van der Waals surface area contributed by atoms with E-state index in [0.29, 0.717) is 11.8 Å². The molecule has 3 heteroatoms. The average Bonchev–Trinajstić information content (AvgIpc) is 2.59. The lowest BCUT2D eigenvalue weighted by Crippen LogP contribution is -2.41. The van der Waals surface area contributed by atoms with Gasteiger partial charge in [0, 0.05) is 18.3 Å². The highest BCUT2D eigenvalue weighted by molar-refractivity contribution is 5.77. The van der Waals surface area contributed by atoms with Gasteiger partial charge in [-0.2, -0.15) is 0 Å². The summed E-state index contributed by atoms with van der Waals surface area (Å²) in [6, 6.07) is 0. The van der Waals surface area contributed by atoms with Crippen LogP contribution in [0.1, 0.15) is 20.3 Å². The Morgan fingerprint density at radius 1 is 1.57 bits per heavy atom. The van der Waals surface area contributed by atoms with E-state index in [1.165, 1.54) is 0 Å². The summed E-state index contributed by atoms with van der Waals surface area (Å²) in [6.45, 7) is 3.60. The Morgan fingerprint density at radius 2 is 2.29 bits per heavy atom. The lowest BCUT2D eigenvalue weighted by molar-refractivity contribution is -0.145. The van der Waals surface area contributed by atoms with Crippen molar-refractivity contribution in [3.05, 3.63) is 6.42 Å². The summed E-state index contributed by atoms with van der Waals surface area (Å²) in [5.41, 5.74) is -0.769. The molecular formula is C11H15O3. The van der Waals surface area contributed by atoms with Crippen LogP contribution in [0, 0.1) is 30.1 Å². The zero-order valence-electron chi connectivity index (χ0n) is 8.43. The molecule has 3 nitrogen and oxygen atoms in total. The van der Waals surface area contributed by atoms with Crippen LogP contribution in [-0.4, -0.2) is 22.8 Å². The van der Waals surface area contributed by atoms with Crippen molar-refractivity contribution in [1.29, 1.82) is 0 Å². The predicted octanol–water partition coefficient (Wildman–Crippen LogP) is 0.769. The molecule has 2 saturated carbocycles. The molecule has 0 aromatic heterocycles. The van der Waals surface area contributed by atoms with E-state index in [2.05, 4.69) is 6.42 Å². The van der Waals surface area contributed by atoms with Crippen LogP contribution in [0.3, 0.4) is 0 Å². The standard InChI is InChI=1S/C11H15O3/c1-11(2,13)9-5-3-6-7(4-5)14-10(12)8(6)9/h4-9,13H,3H2,1-2H3. The second kappa shape index (κ2) is 2.32. The van der Waals surface area contributed by atoms with Gasteiger partial charge in [0.15, 0.2) is 0 Å². The Balaban J connectivity index is 1.99. The van der Waals surface area contributed by atoms with Crippen molar-refractivity contribution in [2.75, 3.05) is 0 Å². The Morgan fingerprint density at radius 3 is 2.93 bits per heavy atom. The first-order valence-corrected chi connectivity index (χ1v) is 5.26. The monoisotopic (exact) mass is 195 g/mol. The molecule has 1 saturated heterocycles. The highest BCUT2D eigenvalue weighted by Crippen LogP contribution is 2.59. The van der Waals surface area contributed by atoms with Crippen LogP contribution in [-0.2, 0) is 9.53 Å². The maximum Gasteiger partial charge on any atom is 0.310 e. The van der Waals surface area contributed by atoms with Gasteiger partial charge in [-0.1, -0.05) is 0 Å². The highest BCUT2D eigenvalue weighted by atomic mass is 16.6. The first-order chi connectivity index (χ1) is 6.48. The quantitative estimate of drug-likeness (QED) is 0.629. The third-order valence-electron chi connectivity index (χ3n) is 4.05. The highest BCUT2D eigenvalue weighted by Gasteiger charge is 2.64. The van der Waals surface area contributed by atoms with Crippen molar-refractivity contribution in [1.82, 2.24) is 0 Å². The van der Waals surface area contributed by atoms with Gasteiger partial charge in [-0.15, -0.1) is 0 Å². The smallest absolute Gasteiger partial charge is 0.310 e. The molecule has 3 fully saturated rings. The topological polar surface area (TPSA) is 46.5 Å². The fourth-order valence-corrected chi connectivity index (χ4v) is 3.69. The van der Waals surface area contributed by atoms with Crippen molar-refractivity contribution in [2.24, 2.45) is 23.7 Å². The molecule has 1 aliphatic heterocycles. The van der Waals surface area contributed by atoms with Crippen molar-refractivity contribution >= 4 is 5.97 Å². The molecule has 2 bridgehead atoms. The number of carbonyl (C=O) groups is 1. The summed E-state index contributed by atoms with van der Waals surface area (Å²) in [5, 5.41) is 10.0. The van der Waals surface area contributed by atoms with Gasteiger partial charge in [-0.3, -0.25) is 4.79 Å². The lowest BCUT2D eigenvalue weighted by atomic mass is 9.72. The van der Waals surface area contributed by atoms with E-state index in [4.69, 9.17) is 4.74 Å². The Kier molecular flexibility index (Phi) is 1.45. The molecule has 77 valence electrons. The molecule has 0 amide bonds. The molecule has 2 aliphatic carbocycles. The van der Waals surface area contributed by atoms with Crippen LogP contribution in [0.2, 0.25) is 0 Å². The Labute approximate surface area is 83.4 Å². The molecule has 0 aromatic carbocycles. The van der Waals surface area contributed by atoms with Crippen LogP contribution in [0.5, 0.6) is 0 Å². The van der Waals surface area contributed by atoms with Crippen LogP contribution in [0.15, 0.2) is 0 Å². The molecular weight excluding hydrogens is 180 g/mol. The molecule has 3 rings (SSSR count). The van der Waals surface area contributed by atoms with Gasteiger partial charge in [-0.05, 0) is 26.2 Å². The molecule has 3 aliphatic rings. The molecule has 14 heavy (non-hydrogen) atoms. The molecule has 1 N–H and O–H groups in total. The Bertz CT molecular complexity index is 289. The van der Waals surface area contributed by atoms with Gasteiger partial charge in [0.1, 0.15) is 6.10 Å². The number of aliphatic hydroxyl groups is 1. The largest absolute Gasteiger partial charge is 0.461 e. The second-order valence-corrected chi connectivity index (χ2v) is 5.36. The maximum atomic E-state index is 11.6. The van der Waals surface area contributed by atoms with Crippen LogP contribution in [0.4, 0.5) is 0 Å². The predicted molar refractivity (Wildman–Crippen MR) is 49.1 cm³/mol. The maximum absolute atomic E-state index is 11.6. The number of ether oxygens (including phenoxy) is 1.